The summed E-state index contributed by atoms with van der Waals surface area (Å²) >= 11 is 1.55. The molecular weight excluding hydrogens is 360 g/mol. The normalized spacial score (nSPS) is 13.7. The molecule has 0 bridgehead atoms. The molecule has 4 rings (SSSR count). The molecule has 140 valence electrons. The maximum atomic E-state index is 12.8. The van der Waals surface area contributed by atoms with E-state index >= 15 is 0 Å². The number of amides is 1. The van der Waals surface area contributed by atoms with E-state index < -0.39 is 0 Å². The van der Waals surface area contributed by atoms with Crippen molar-refractivity contribution in [2.75, 3.05) is 5.32 Å². The molecule has 2 heterocycles. The molecule has 0 unspecified atom stereocenters. The lowest BCUT2D eigenvalue weighted by Gasteiger charge is -2.12. The third-order valence-electron chi connectivity index (χ3n) is 4.76. The van der Waals surface area contributed by atoms with Gasteiger partial charge in [0.1, 0.15) is 6.54 Å². The van der Waals surface area contributed by atoms with Gasteiger partial charge in [-0.25, -0.2) is 9.48 Å². The Morgan fingerprint density at radius 3 is 2.56 bits per heavy atom. The standard InChI is InChI=1S/C20H22N4O2S/c1-12-9-13(2)18(14(3)10-12)21-17(25)11-23-20(26)24(15-6-7-15)19(22-23)16-5-4-8-27-16/h4-5,8-10,15H,6-7,11H2,1-3H3,(H,21,25). The van der Waals surface area contributed by atoms with Crippen molar-refractivity contribution < 1.29 is 4.79 Å². The summed E-state index contributed by atoms with van der Waals surface area (Å²) in [7, 11) is 0. The summed E-state index contributed by atoms with van der Waals surface area (Å²) in [6.45, 7) is 5.88. The van der Waals surface area contributed by atoms with Gasteiger partial charge < -0.3 is 5.32 Å². The number of aromatic nitrogens is 3. The Balaban J connectivity index is 1.61. The first kappa shape index (κ1) is 17.7. The highest BCUT2D eigenvalue weighted by Gasteiger charge is 2.31. The molecule has 1 N–H and O–H groups in total. The highest BCUT2D eigenvalue weighted by molar-refractivity contribution is 7.13. The molecule has 1 fully saturated rings. The highest BCUT2D eigenvalue weighted by atomic mass is 32.1. The van der Waals surface area contributed by atoms with Gasteiger partial charge in [-0.1, -0.05) is 23.8 Å². The average Bonchev–Trinajstić information content (AvgIpc) is 3.18. The molecule has 0 saturated heterocycles. The number of anilines is 1. The van der Waals surface area contributed by atoms with Crippen LogP contribution >= 0.6 is 11.3 Å². The minimum absolute atomic E-state index is 0.0936. The zero-order chi connectivity index (χ0) is 19.1. The molecule has 1 amide bonds. The van der Waals surface area contributed by atoms with Gasteiger partial charge in [0.25, 0.3) is 0 Å². The van der Waals surface area contributed by atoms with Crippen LogP contribution < -0.4 is 11.0 Å². The first-order valence-corrected chi connectivity index (χ1v) is 9.93. The molecular formula is C20H22N4O2S. The number of benzene rings is 1. The van der Waals surface area contributed by atoms with E-state index in [1.165, 1.54) is 4.68 Å². The Morgan fingerprint density at radius 2 is 1.96 bits per heavy atom. The smallest absolute Gasteiger partial charge is 0.324 e. The van der Waals surface area contributed by atoms with Crippen LogP contribution in [0.4, 0.5) is 5.69 Å². The summed E-state index contributed by atoms with van der Waals surface area (Å²) in [5, 5.41) is 9.38. The van der Waals surface area contributed by atoms with Crippen molar-refractivity contribution >= 4 is 22.9 Å². The SMILES string of the molecule is Cc1cc(C)c(NC(=O)Cn2nc(-c3cccs3)n(C3CC3)c2=O)c(C)c1. The lowest BCUT2D eigenvalue weighted by molar-refractivity contribution is -0.117. The quantitative estimate of drug-likeness (QED) is 0.732. The Kier molecular flexibility index (Phi) is 4.47. The van der Waals surface area contributed by atoms with Crippen LogP contribution in [0, 0.1) is 20.8 Å². The number of thiophene rings is 1. The van der Waals surface area contributed by atoms with Crippen molar-refractivity contribution in [2.24, 2.45) is 0 Å². The van der Waals surface area contributed by atoms with E-state index in [4.69, 9.17) is 0 Å². The van der Waals surface area contributed by atoms with Gasteiger partial charge in [0, 0.05) is 11.7 Å². The van der Waals surface area contributed by atoms with E-state index in [0.717, 1.165) is 40.1 Å². The van der Waals surface area contributed by atoms with Crippen LogP contribution in [0.15, 0.2) is 34.4 Å². The van der Waals surface area contributed by atoms with Gasteiger partial charge in [0.05, 0.1) is 4.88 Å². The molecule has 27 heavy (non-hydrogen) atoms. The Hall–Kier alpha value is -2.67. The predicted octanol–water partition coefficient (Wildman–Crippen LogP) is 3.67. The molecule has 2 aromatic heterocycles. The molecule has 1 aliphatic rings. The van der Waals surface area contributed by atoms with Crippen molar-refractivity contribution in [1.82, 2.24) is 14.3 Å². The number of nitrogens with one attached hydrogen (secondary N) is 1. The molecule has 0 spiro atoms. The Morgan fingerprint density at radius 1 is 1.26 bits per heavy atom. The van der Waals surface area contributed by atoms with Crippen LogP contribution in [-0.2, 0) is 11.3 Å². The van der Waals surface area contributed by atoms with Gasteiger partial charge in [0.2, 0.25) is 5.91 Å². The fourth-order valence-electron chi connectivity index (χ4n) is 3.45. The number of aryl methyl sites for hydroxylation is 3. The molecule has 6 nitrogen and oxygen atoms in total. The second-order valence-electron chi connectivity index (χ2n) is 7.16. The zero-order valence-corrected chi connectivity index (χ0v) is 16.5. The fraction of sp³-hybridized carbons (Fsp3) is 0.350. The van der Waals surface area contributed by atoms with Crippen molar-refractivity contribution in [3.05, 3.63) is 56.8 Å². The molecule has 0 radical (unpaired) electrons. The highest BCUT2D eigenvalue weighted by Crippen LogP contribution is 2.37. The molecule has 1 aliphatic carbocycles. The molecule has 1 saturated carbocycles. The van der Waals surface area contributed by atoms with Crippen LogP contribution in [-0.4, -0.2) is 20.3 Å². The van der Waals surface area contributed by atoms with Gasteiger partial charge in [-0.3, -0.25) is 9.36 Å². The Labute approximate surface area is 161 Å². The Bertz CT molecular complexity index is 1040. The number of nitrogens with zero attached hydrogens (tertiary/aromatic N) is 3. The van der Waals surface area contributed by atoms with Crippen molar-refractivity contribution in [3.63, 3.8) is 0 Å². The lowest BCUT2D eigenvalue weighted by Crippen LogP contribution is -2.30. The summed E-state index contributed by atoms with van der Waals surface area (Å²) < 4.78 is 3.02. The number of hydrogen-bond donors (Lipinski definition) is 1. The van der Waals surface area contributed by atoms with Crippen molar-refractivity contribution in [3.8, 4) is 10.7 Å². The first-order valence-electron chi connectivity index (χ1n) is 9.05. The number of rotatable bonds is 5. The van der Waals surface area contributed by atoms with E-state index in [1.54, 1.807) is 15.9 Å². The number of hydrogen-bond acceptors (Lipinski definition) is 4. The minimum atomic E-state index is -0.245. The number of carbonyl (C=O) groups is 1. The van der Waals surface area contributed by atoms with E-state index in [-0.39, 0.29) is 24.2 Å². The van der Waals surface area contributed by atoms with Gasteiger partial charge >= 0.3 is 5.69 Å². The first-order chi connectivity index (χ1) is 12.9. The van der Waals surface area contributed by atoms with E-state index in [0.29, 0.717) is 5.82 Å². The van der Waals surface area contributed by atoms with Gasteiger partial charge in [-0.15, -0.1) is 16.4 Å². The summed E-state index contributed by atoms with van der Waals surface area (Å²) in [5.74, 6) is 0.415. The third-order valence-corrected chi connectivity index (χ3v) is 5.62. The molecule has 1 aromatic carbocycles. The van der Waals surface area contributed by atoms with Crippen molar-refractivity contribution in [2.45, 2.75) is 46.2 Å². The zero-order valence-electron chi connectivity index (χ0n) is 15.7. The van der Waals surface area contributed by atoms with E-state index in [1.807, 2.05) is 50.4 Å². The van der Waals surface area contributed by atoms with E-state index in [2.05, 4.69) is 10.4 Å². The summed E-state index contributed by atoms with van der Waals surface area (Å²) in [4.78, 5) is 26.4. The van der Waals surface area contributed by atoms with Gasteiger partial charge in [-0.05, 0) is 56.2 Å². The van der Waals surface area contributed by atoms with Crippen LogP contribution in [0.3, 0.4) is 0 Å². The summed E-state index contributed by atoms with van der Waals surface area (Å²) in [6.07, 6.45) is 1.97. The third kappa shape index (κ3) is 3.47. The second-order valence-corrected chi connectivity index (χ2v) is 8.11. The van der Waals surface area contributed by atoms with Crippen LogP contribution in [0.5, 0.6) is 0 Å². The van der Waals surface area contributed by atoms with Crippen LogP contribution in [0.1, 0.15) is 35.6 Å². The number of carbonyl (C=O) groups excluding carboxylic acids is 1. The molecule has 0 atom stereocenters. The van der Waals surface area contributed by atoms with Gasteiger partial charge in [0.15, 0.2) is 5.82 Å². The fourth-order valence-corrected chi connectivity index (χ4v) is 4.16. The minimum Gasteiger partial charge on any atom is -0.324 e. The predicted molar refractivity (Wildman–Crippen MR) is 107 cm³/mol. The maximum Gasteiger partial charge on any atom is 0.346 e. The largest absolute Gasteiger partial charge is 0.346 e. The van der Waals surface area contributed by atoms with Crippen LogP contribution in [0.2, 0.25) is 0 Å². The monoisotopic (exact) mass is 382 g/mol. The average molecular weight is 382 g/mol. The van der Waals surface area contributed by atoms with Gasteiger partial charge in [-0.2, -0.15) is 0 Å². The lowest BCUT2D eigenvalue weighted by atomic mass is 10.1. The summed E-state index contributed by atoms with van der Waals surface area (Å²) in [5.41, 5.74) is 3.77. The maximum absolute atomic E-state index is 12.8. The molecule has 0 aliphatic heterocycles. The summed E-state index contributed by atoms with van der Waals surface area (Å²) in [6, 6.07) is 8.16. The molecule has 7 heteroatoms. The molecule has 3 aromatic rings. The van der Waals surface area contributed by atoms with Crippen molar-refractivity contribution in [1.29, 1.82) is 0 Å². The topological polar surface area (TPSA) is 68.9 Å². The van der Waals surface area contributed by atoms with Crippen LogP contribution in [0.25, 0.3) is 10.7 Å². The van der Waals surface area contributed by atoms with E-state index in [9.17, 15) is 9.59 Å². The second kappa shape index (κ2) is 6.81.